The highest BCUT2D eigenvalue weighted by atomic mass is 32.2. The van der Waals surface area contributed by atoms with E-state index in [0.29, 0.717) is 23.8 Å². The normalized spacial score (nSPS) is 12.0. The van der Waals surface area contributed by atoms with Crippen molar-refractivity contribution in [3.63, 3.8) is 0 Å². The summed E-state index contributed by atoms with van der Waals surface area (Å²) in [4.78, 5) is 4.24. The van der Waals surface area contributed by atoms with Gasteiger partial charge in [0.15, 0.2) is 11.7 Å². The molecule has 0 amide bonds. The Bertz CT molecular complexity index is 696. The Morgan fingerprint density at radius 1 is 1.15 bits per heavy atom. The molecule has 0 bridgehead atoms. The summed E-state index contributed by atoms with van der Waals surface area (Å²) in [6.07, 6.45) is 0.440. The van der Waals surface area contributed by atoms with Gasteiger partial charge in [-0.25, -0.2) is 18.1 Å². The van der Waals surface area contributed by atoms with E-state index in [1.54, 1.807) is 20.8 Å². The van der Waals surface area contributed by atoms with E-state index < -0.39 is 10.0 Å². The number of nitrogens with zero attached hydrogens (tertiary/aromatic N) is 2. The molecule has 0 saturated carbocycles. The Labute approximate surface area is 117 Å². The Balaban J connectivity index is 2.05. The third-order valence-corrected chi connectivity index (χ3v) is 4.58. The minimum atomic E-state index is -3.62. The fraction of sp³-hybridized carbons (Fsp3) is 0.500. The average Bonchev–Trinajstić information content (AvgIpc) is 2.82. The molecule has 0 spiro atoms. The maximum Gasteiger partial charge on any atom is 0.245 e. The SMILES string of the molecule is Cc1nc(C)c(CCNS(=O)(=O)c2c(C)noc2C)o1. The summed E-state index contributed by atoms with van der Waals surface area (Å²) in [5, 5.41) is 3.64. The van der Waals surface area contributed by atoms with E-state index in [-0.39, 0.29) is 17.2 Å². The Morgan fingerprint density at radius 3 is 2.35 bits per heavy atom. The van der Waals surface area contributed by atoms with Crippen LogP contribution in [0.15, 0.2) is 13.8 Å². The monoisotopic (exact) mass is 299 g/mol. The van der Waals surface area contributed by atoms with Gasteiger partial charge < -0.3 is 8.94 Å². The van der Waals surface area contributed by atoms with Crippen molar-refractivity contribution in [1.82, 2.24) is 14.9 Å². The fourth-order valence-corrected chi connectivity index (χ4v) is 3.39. The maximum absolute atomic E-state index is 12.2. The molecule has 0 aliphatic rings. The summed E-state index contributed by atoms with van der Waals surface area (Å²) in [6.45, 7) is 6.97. The van der Waals surface area contributed by atoms with Crippen molar-refractivity contribution in [2.24, 2.45) is 0 Å². The van der Waals surface area contributed by atoms with E-state index in [4.69, 9.17) is 8.94 Å². The molecule has 7 nitrogen and oxygen atoms in total. The summed E-state index contributed by atoms with van der Waals surface area (Å²) in [7, 11) is -3.62. The summed E-state index contributed by atoms with van der Waals surface area (Å²) < 4.78 is 37.1. The standard InChI is InChI=1S/C12H17N3O4S/c1-7-11(18-10(4)14-7)5-6-13-20(16,17)12-8(2)15-19-9(12)3/h13H,5-6H2,1-4H3. The number of sulfonamides is 1. The third kappa shape index (κ3) is 2.91. The number of aryl methyl sites for hydroxylation is 4. The van der Waals surface area contributed by atoms with Gasteiger partial charge in [-0.05, 0) is 20.8 Å². The van der Waals surface area contributed by atoms with E-state index in [0.717, 1.165) is 5.69 Å². The molecule has 8 heteroatoms. The molecule has 20 heavy (non-hydrogen) atoms. The summed E-state index contributed by atoms with van der Waals surface area (Å²) in [5.41, 5.74) is 1.13. The van der Waals surface area contributed by atoms with Crippen LogP contribution in [0.2, 0.25) is 0 Å². The van der Waals surface area contributed by atoms with Crippen LogP contribution < -0.4 is 4.72 Å². The molecule has 0 atom stereocenters. The van der Waals surface area contributed by atoms with E-state index in [1.807, 2.05) is 6.92 Å². The number of rotatable bonds is 5. The van der Waals surface area contributed by atoms with Crippen LogP contribution in [0.3, 0.4) is 0 Å². The Morgan fingerprint density at radius 2 is 1.85 bits per heavy atom. The molecule has 2 rings (SSSR count). The highest BCUT2D eigenvalue weighted by Crippen LogP contribution is 2.18. The predicted octanol–water partition coefficient (Wildman–Crippen LogP) is 1.42. The van der Waals surface area contributed by atoms with E-state index in [2.05, 4.69) is 14.9 Å². The van der Waals surface area contributed by atoms with Crippen LogP contribution in [0.25, 0.3) is 0 Å². The maximum atomic E-state index is 12.2. The molecule has 2 aromatic rings. The zero-order valence-electron chi connectivity index (χ0n) is 11.8. The van der Waals surface area contributed by atoms with Crippen LogP contribution in [-0.4, -0.2) is 25.1 Å². The van der Waals surface area contributed by atoms with Crippen LogP contribution in [0.4, 0.5) is 0 Å². The van der Waals surface area contributed by atoms with Gasteiger partial charge in [0.1, 0.15) is 16.3 Å². The second-order valence-corrected chi connectivity index (χ2v) is 6.25. The van der Waals surface area contributed by atoms with Crippen LogP contribution >= 0.6 is 0 Å². The highest BCUT2D eigenvalue weighted by molar-refractivity contribution is 7.89. The van der Waals surface area contributed by atoms with Crippen LogP contribution in [-0.2, 0) is 16.4 Å². The quantitative estimate of drug-likeness (QED) is 0.896. The minimum absolute atomic E-state index is 0.1000. The number of aromatic nitrogens is 2. The van der Waals surface area contributed by atoms with E-state index in [1.165, 1.54) is 0 Å². The molecule has 110 valence electrons. The van der Waals surface area contributed by atoms with Crippen molar-refractivity contribution in [2.75, 3.05) is 6.54 Å². The van der Waals surface area contributed by atoms with Gasteiger partial charge in [-0.1, -0.05) is 5.16 Å². The van der Waals surface area contributed by atoms with Gasteiger partial charge >= 0.3 is 0 Å². The number of hydrogen-bond donors (Lipinski definition) is 1. The molecule has 0 saturated heterocycles. The zero-order valence-corrected chi connectivity index (χ0v) is 12.7. The van der Waals surface area contributed by atoms with Crippen molar-refractivity contribution in [3.05, 3.63) is 28.8 Å². The van der Waals surface area contributed by atoms with Crippen molar-refractivity contribution >= 4 is 10.0 Å². The molecule has 1 N–H and O–H groups in total. The fourth-order valence-electron chi connectivity index (χ4n) is 2.03. The summed E-state index contributed by atoms with van der Waals surface area (Å²) >= 11 is 0. The van der Waals surface area contributed by atoms with Crippen molar-refractivity contribution in [1.29, 1.82) is 0 Å². The van der Waals surface area contributed by atoms with Gasteiger partial charge in [0.05, 0.1) is 5.69 Å². The van der Waals surface area contributed by atoms with E-state index in [9.17, 15) is 8.42 Å². The van der Waals surface area contributed by atoms with Crippen molar-refractivity contribution in [3.8, 4) is 0 Å². The molecule has 0 aliphatic heterocycles. The lowest BCUT2D eigenvalue weighted by atomic mass is 10.3. The topological polar surface area (TPSA) is 98.2 Å². The predicted molar refractivity (Wildman–Crippen MR) is 70.8 cm³/mol. The first-order valence-corrected chi connectivity index (χ1v) is 7.65. The number of nitrogens with one attached hydrogen (secondary N) is 1. The molecule has 0 unspecified atom stereocenters. The number of oxazole rings is 1. The molecule has 2 heterocycles. The Kier molecular flexibility index (Phi) is 3.96. The molecule has 2 aromatic heterocycles. The highest BCUT2D eigenvalue weighted by Gasteiger charge is 2.23. The molecule has 0 aliphatic carbocycles. The van der Waals surface area contributed by atoms with Gasteiger partial charge in [-0.3, -0.25) is 0 Å². The first kappa shape index (κ1) is 14.7. The lowest BCUT2D eigenvalue weighted by Crippen LogP contribution is -2.26. The summed E-state index contributed by atoms with van der Waals surface area (Å²) in [5.74, 6) is 1.54. The second kappa shape index (κ2) is 5.37. The molecule has 0 aromatic carbocycles. The van der Waals surface area contributed by atoms with Gasteiger partial charge in [0.25, 0.3) is 0 Å². The van der Waals surface area contributed by atoms with Gasteiger partial charge in [-0.2, -0.15) is 0 Å². The van der Waals surface area contributed by atoms with E-state index >= 15 is 0 Å². The zero-order chi connectivity index (χ0) is 14.9. The van der Waals surface area contributed by atoms with Crippen molar-refractivity contribution < 1.29 is 17.4 Å². The minimum Gasteiger partial charge on any atom is -0.446 e. The largest absolute Gasteiger partial charge is 0.446 e. The first-order chi connectivity index (χ1) is 9.31. The van der Waals surface area contributed by atoms with Gasteiger partial charge in [-0.15, -0.1) is 0 Å². The first-order valence-electron chi connectivity index (χ1n) is 6.16. The van der Waals surface area contributed by atoms with Gasteiger partial charge in [0.2, 0.25) is 10.0 Å². The number of hydrogen-bond acceptors (Lipinski definition) is 6. The van der Waals surface area contributed by atoms with Gasteiger partial charge in [0, 0.05) is 19.9 Å². The average molecular weight is 299 g/mol. The van der Waals surface area contributed by atoms with Crippen molar-refractivity contribution in [2.45, 2.75) is 39.0 Å². The molecular formula is C12H17N3O4S. The van der Waals surface area contributed by atoms with Crippen LogP contribution in [0, 0.1) is 27.7 Å². The second-order valence-electron chi connectivity index (χ2n) is 4.54. The third-order valence-electron chi connectivity index (χ3n) is 2.88. The van der Waals surface area contributed by atoms with Crippen LogP contribution in [0.1, 0.15) is 28.8 Å². The van der Waals surface area contributed by atoms with Crippen LogP contribution in [0.5, 0.6) is 0 Å². The lowest BCUT2D eigenvalue weighted by molar-refractivity contribution is 0.390. The molecule has 0 radical (unpaired) electrons. The lowest BCUT2D eigenvalue weighted by Gasteiger charge is -2.05. The molecular weight excluding hydrogens is 282 g/mol. The molecule has 0 fully saturated rings. The smallest absolute Gasteiger partial charge is 0.245 e. The Hall–Kier alpha value is -1.67. The summed E-state index contributed by atoms with van der Waals surface area (Å²) in [6, 6.07) is 0.